The van der Waals surface area contributed by atoms with Crippen LogP contribution in [0.5, 0.6) is 0 Å². The number of benzene rings is 1. The Morgan fingerprint density at radius 1 is 0.909 bits per heavy atom. The maximum Gasteiger partial charge on any atom is 0.243 e. The van der Waals surface area contributed by atoms with Gasteiger partial charge in [-0.15, -0.1) is 0 Å². The minimum absolute atomic E-state index is 0.0890. The summed E-state index contributed by atoms with van der Waals surface area (Å²) in [5.74, 6) is 3.06. The normalized spacial score (nSPS) is 40.9. The Bertz CT molecular complexity index is 1320. The number of carbonyl (C=O) groups is 1. The fourth-order valence-corrected chi connectivity index (χ4v) is 12.5. The lowest BCUT2D eigenvalue weighted by Gasteiger charge is -2.72. The van der Waals surface area contributed by atoms with Crippen LogP contribution in [0.4, 0.5) is 0 Å². The van der Waals surface area contributed by atoms with Crippen molar-refractivity contribution in [3.63, 3.8) is 0 Å². The summed E-state index contributed by atoms with van der Waals surface area (Å²) in [6.07, 6.45) is 22.0. The Morgan fingerprint density at radius 3 is 2.36 bits per heavy atom. The quantitative estimate of drug-likeness (QED) is 0.318. The van der Waals surface area contributed by atoms with E-state index in [0.29, 0.717) is 28.7 Å². The predicted molar refractivity (Wildman–Crippen MR) is 186 cm³/mol. The van der Waals surface area contributed by atoms with Crippen molar-refractivity contribution in [2.24, 2.45) is 50.7 Å². The average Bonchev–Trinajstić information content (AvgIpc) is 3.40. The van der Waals surface area contributed by atoms with E-state index >= 15 is 0 Å². The van der Waals surface area contributed by atoms with Gasteiger partial charge in [-0.2, -0.15) is 0 Å². The van der Waals surface area contributed by atoms with E-state index in [-0.39, 0.29) is 16.7 Å². The Balaban J connectivity index is 1.25. The van der Waals surface area contributed by atoms with E-state index in [1.165, 1.54) is 75.3 Å². The topological polar surface area (TPSA) is 32.3 Å². The summed E-state index contributed by atoms with van der Waals surface area (Å²) in [6.45, 7) is 18.8. The number of nitrogens with one attached hydrogen (secondary N) is 1. The molecule has 8 atom stereocenters. The van der Waals surface area contributed by atoms with E-state index in [9.17, 15) is 4.79 Å². The Labute approximate surface area is 269 Å². The lowest BCUT2D eigenvalue weighted by Crippen LogP contribution is -2.64. The van der Waals surface area contributed by atoms with Crippen molar-refractivity contribution < 1.29 is 4.79 Å². The zero-order valence-corrected chi connectivity index (χ0v) is 29.0. The van der Waals surface area contributed by atoms with Gasteiger partial charge in [0.2, 0.25) is 5.91 Å². The van der Waals surface area contributed by atoms with Gasteiger partial charge >= 0.3 is 0 Å². The molecule has 1 aromatic carbocycles. The Morgan fingerprint density at radius 2 is 1.66 bits per heavy atom. The van der Waals surface area contributed by atoms with Crippen LogP contribution in [-0.4, -0.2) is 38.0 Å². The molecular formula is C41H60N2O. The van der Waals surface area contributed by atoms with Crippen LogP contribution >= 0.6 is 0 Å². The lowest BCUT2D eigenvalue weighted by atomic mass is 9.32. The first-order valence-electron chi connectivity index (χ1n) is 17.9. The van der Waals surface area contributed by atoms with E-state index in [4.69, 9.17) is 0 Å². The average molecular weight is 597 g/mol. The number of hydrogen-bond donors (Lipinski definition) is 1. The van der Waals surface area contributed by atoms with E-state index in [1.807, 2.05) is 12.2 Å². The number of nitrogens with zero attached hydrogens (tertiary/aromatic N) is 1. The Hall–Kier alpha value is -2.13. The van der Waals surface area contributed by atoms with Crippen molar-refractivity contribution in [3.05, 3.63) is 60.2 Å². The molecule has 6 rings (SSSR count). The molecule has 5 aliphatic rings. The van der Waals surface area contributed by atoms with Crippen molar-refractivity contribution in [2.75, 3.05) is 27.2 Å². The fraction of sp³-hybridized carbons (Fsp3) is 0.683. The number of allylic oxidation sites excluding steroid dienone is 3. The first-order chi connectivity index (χ1) is 20.8. The minimum atomic E-state index is 0.0890. The molecule has 3 heteroatoms. The number of carbonyl (C=O) groups excluding carboxylic acids is 1. The molecule has 4 fully saturated rings. The van der Waals surface area contributed by atoms with Crippen molar-refractivity contribution in [1.29, 1.82) is 0 Å². The molecule has 0 spiro atoms. The van der Waals surface area contributed by atoms with Crippen LogP contribution in [0.1, 0.15) is 110 Å². The summed E-state index contributed by atoms with van der Waals surface area (Å²) in [5.41, 5.74) is 5.62. The van der Waals surface area contributed by atoms with Crippen LogP contribution in [-0.2, 0) is 4.79 Å². The second kappa shape index (κ2) is 11.3. The zero-order chi connectivity index (χ0) is 31.5. The molecule has 1 N–H and O–H groups in total. The third kappa shape index (κ3) is 4.81. The molecule has 0 bridgehead atoms. The highest BCUT2D eigenvalue weighted by atomic mass is 16.1. The van der Waals surface area contributed by atoms with Crippen molar-refractivity contribution in [3.8, 4) is 0 Å². The maximum atomic E-state index is 12.8. The van der Waals surface area contributed by atoms with Gasteiger partial charge in [0.1, 0.15) is 0 Å². The maximum absolute atomic E-state index is 12.8. The van der Waals surface area contributed by atoms with E-state index in [0.717, 1.165) is 24.3 Å². The standard InChI is InChI=1S/C41H60N2O/c1-9-29-12-14-30(15-13-29)31-18-22-38(4)34(37(31,2)3)19-23-40(6)35(38)17-16-32-33-11-10-21-41(33,26-25-39(32,40)5)24-20-36(44)42-27-28-43(7)8/h9,12-15,18,20,24,32-35H,1,10-11,16-17,19,21-23,25-28H2,2-8H3,(H,42,44)/b24-20+/t32-,33-,34?,35?,38+,39-,40-,41+/m1/s1. The molecule has 240 valence electrons. The zero-order valence-electron chi connectivity index (χ0n) is 29.0. The van der Waals surface area contributed by atoms with Gasteiger partial charge in [0.25, 0.3) is 0 Å². The summed E-state index contributed by atoms with van der Waals surface area (Å²) in [7, 11) is 4.11. The van der Waals surface area contributed by atoms with Crippen LogP contribution in [0, 0.1) is 50.7 Å². The van der Waals surface area contributed by atoms with Crippen LogP contribution in [0.25, 0.3) is 11.6 Å². The number of amides is 1. The molecule has 0 heterocycles. The molecule has 2 unspecified atom stereocenters. The molecular weight excluding hydrogens is 536 g/mol. The van der Waals surface area contributed by atoms with Gasteiger partial charge in [-0.25, -0.2) is 0 Å². The highest BCUT2D eigenvalue weighted by molar-refractivity contribution is 5.87. The number of rotatable bonds is 7. The molecule has 0 radical (unpaired) electrons. The molecule has 4 saturated carbocycles. The summed E-state index contributed by atoms with van der Waals surface area (Å²) in [6, 6.07) is 9.10. The second-order valence-electron chi connectivity index (χ2n) is 17.2. The highest BCUT2D eigenvalue weighted by Gasteiger charge is 2.69. The van der Waals surface area contributed by atoms with E-state index < -0.39 is 0 Å². The molecule has 3 nitrogen and oxygen atoms in total. The second-order valence-corrected chi connectivity index (χ2v) is 17.2. The van der Waals surface area contributed by atoms with Gasteiger partial charge in [-0.1, -0.05) is 90.1 Å². The van der Waals surface area contributed by atoms with Gasteiger partial charge in [-0.05, 0) is 145 Å². The molecule has 0 saturated heterocycles. The summed E-state index contributed by atoms with van der Waals surface area (Å²) < 4.78 is 0. The number of likely N-dealkylation sites (N-methyl/N-ethyl adjacent to an activating group) is 1. The number of fused-ring (bicyclic) bond motifs is 7. The lowest BCUT2D eigenvalue weighted by molar-refractivity contribution is -0.218. The van der Waals surface area contributed by atoms with Gasteiger partial charge < -0.3 is 10.2 Å². The first-order valence-corrected chi connectivity index (χ1v) is 17.9. The molecule has 1 amide bonds. The molecule has 1 aromatic rings. The van der Waals surface area contributed by atoms with Gasteiger partial charge in [0.05, 0.1) is 0 Å². The largest absolute Gasteiger partial charge is 0.351 e. The van der Waals surface area contributed by atoms with Gasteiger partial charge in [-0.3, -0.25) is 4.79 Å². The van der Waals surface area contributed by atoms with Crippen molar-refractivity contribution in [2.45, 2.75) is 98.8 Å². The third-order valence-electron chi connectivity index (χ3n) is 14.9. The summed E-state index contributed by atoms with van der Waals surface area (Å²) in [4.78, 5) is 14.9. The SMILES string of the molecule is C=Cc1ccc(C2=CC[C@@]3(C)C(CC[C@]4(C)C3CC[C@@H]3[C@H]5CCC[C@]5(/C=C/C(=O)NCCN(C)C)CC[C@]34C)C2(C)C)cc1. The Kier molecular flexibility index (Phi) is 8.17. The van der Waals surface area contributed by atoms with Crippen molar-refractivity contribution in [1.82, 2.24) is 10.2 Å². The predicted octanol–water partition coefficient (Wildman–Crippen LogP) is 9.41. The summed E-state index contributed by atoms with van der Waals surface area (Å²) in [5, 5.41) is 3.12. The fourth-order valence-electron chi connectivity index (χ4n) is 12.5. The van der Waals surface area contributed by atoms with Crippen LogP contribution in [0.2, 0.25) is 0 Å². The summed E-state index contributed by atoms with van der Waals surface area (Å²) >= 11 is 0. The van der Waals surface area contributed by atoms with Crippen LogP contribution in [0.3, 0.4) is 0 Å². The first kappa shape index (κ1) is 31.8. The highest BCUT2D eigenvalue weighted by Crippen LogP contribution is 2.77. The monoisotopic (exact) mass is 596 g/mol. The minimum Gasteiger partial charge on any atom is -0.351 e. The molecule has 5 aliphatic carbocycles. The molecule has 0 aliphatic heterocycles. The van der Waals surface area contributed by atoms with Crippen LogP contribution < -0.4 is 5.32 Å². The van der Waals surface area contributed by atoms with Crippen molar-refractivity contribution >= 4 is 17.6 Å². The third-order valence-corrected chi connectivity index (χ3v) is 14.9. The van der Waals surface area contributed by atoms with E-state index in [1.54, 1.807) is 5.57 Å². The molecule has 0 aromatic heterocycles. The van der Waals surface area contributed by atoms with Gasteiger partial charge in [0, 0.05) is 13.1 Å². The number of hydrogen-bond acceptors (Lipinski definition) is 2. The molecule has 44 heavy (non-hydrogen) atoms. The van der Waals surface area contributed by atoms with Crippen LogP contribution in [0.15, 0.2) is 49.1 Å². The van der Waals surface area contributed by atoms with E-state index in [2.05, 4.69) is 102 Å². The smallest absolute Gasteiger partial charge is 0.243 e. The van der Waals surface area contributed by atoms with Gasteiger partial charge in [0.15, 0.2) is 0 Å².